The van der Waals surface area contributed by atoms with Crippen LogP contribution < -0.4 is 20.2 Å². The maximum Gasteiger partial charge on any atom is 0.377 e. The van der Waals surface area contributed by atoms with E-state index in [0.717, 1.165) is 0 Å². The van der Waals surface area contributed by atoms with Crippen LogP contribution in [0, 0.1) is 15.6 Å². The van der Waals surface area contributed by atoms with Crippen molar-refractivity contribution in [2.75, 3.05) is 5.32 Å². The van der Waals surface area contributed by atoms with E-state index in [-0.39, 0.29) is 5.69 Å². The van der Waals surface area contributed by atoms with Gasteiger partial charge in [0.15, 0.2) is 0 Å². The maximum absolute atomic E-state index is 11.3. The van der Waals surface area contributed by atoms with Crippen LogP contribution in [0.15, 0.2) is 30.3 Å². The van der Waals surface area contributed by atoms with E-state index in [0.29, 0.717) is 0 Å². The fourth-order valence-electron chi connectivity index (χ4n) is 1.80. The van der Waals surface area contributed by atoms with E-state index in [1.54, 1.807) is 18.2 Å². The summed E-state index contributed by atoms with van der Waals surface area (Å²) in [5.74, 6) is -4.29. The second-order valence-electron chi connectivity index (χ2n) is 4.67. The zero-order chi connectivity index (χ0) is 19.0. The Morgan fingerprint density at radius 3 is 1.52 bits per heavy atom. The Kier molecular flexibility index (Phi) is 4.67. The number of hydrogen-bond donors (Lipinski definition) is 7. The third kappa shape index (κ3) is 4.37. The van der Waals surface area contributed by atoms with Crippen LogP contribution in [0.2, 0.25) is 0 Å². The molecule has 0 radical (unpaired) electrons. The highest BCUT2D eigenvalue weighted by Crippen LogP contribution is 2.41. The number of rotatable bonds is 5. The van der Waals surface area contributed by atoms with Crippen molar-refractivity contribution >= 4 is 29.0 Å². The van der Waals surface area contributed by atoms with E-state index in [4.69, 9.17) is 31.2 Å². The highest BCUT2D eigenvalue weighted by Gasteiger charge is 2.46. The molecule has 15 heteroatoms. The molecule has 0 aliphatic carbocycles. The largest absolute Gasteiger partial charge is 0.559 e. The van der Waals surface area contributed by atoms with Gasteiger partial charge in [0, 0.05) is 5.69 Å². The van der Waals surface area contributed by atoms with Gasteiger partial charge < -0.3 is 20.9 Å². The molecule has 7 N–H and O–H groups in total. The van der Waals surface area contributed by atoms with Gasteiger partial charge in [-0.15, -0.1) is 9.97 Å². The average molecular weight is 360 g/mol. The Labute approximate surface area is 137 Å². The summed E-state index contributed by atoms with van der Waals surface area (Å²) >= 11 is 0. The van der Waals surface area contributed by atoms with Crippen LogP contribution in [0.4, 0.5) is 29.0 Å². The SMILES string of the molecule is [O-][N+](O)(O)c1nc(Nc2ccccc2)nc([N+]([O-])(O)O)c1[N+]([O-])(O)O. The Morgan fingerprint density at radius 2 is 1.16 bits per heavy atom. The molecule has 136 valence electrons. The number of quaternary nitrogens is 3. The average Bonchev–Trinajstić information content (AvgIpc) is 2.44. The quantitative estimate of drug-likeness (QED) is 0.292. The number of nitrogens with zero attached hydrogens (tertiary/aromatic N) is 5. The van der Waals surface area contributed by atoms with Crippen molar-refractivity contribution in [3.8, 4) is 0 Å². The third-order valence-electron chi connectivity index (χ3n) is 2.72. The molecule has 0 unspecified atom stereocenters. The van der Waals surface area contributed by atoms with Gasteiger partial charge in [0.1, 0.15) is 0 Å². The molecule has 2 aromatic rings. The second kappa shape index (κ2) is 6.16. The van der Waals surface area contributed by atoms with E-state index < -0.39 is 38.2 Å². The van der Waals surface area contributed by atoms with E-state index in [1.165, 1.54) is 12.1 Å². The molecule has 0 atom stereocenters. The minimum absolute atomic E-state index is 0.253. The van der Waals surface area contributed by atoms with Crippen LogP contribution in [0.1, 0.15) is 0 Å². The van der Waals surface area contributed by atoms with Crippen LogP contribution >= 0.6 is 0 Å². The highest BCUT2D eigenvalue weighted by molar-refractivity contribution is 5.74. The first-order valence-corrected chi connectivity index (χ1v) is 6.22. The van der Waals surface area contributed by atoms with Gasteiger partial charge >= 0.3 is 17.3 Å². The fraction of sp³-hybridized carbons (Fsp3) is 0. The molecule has 0 amide bonds. The Morgan fingerprint density at radius 1 is 0.720 bits per heavy atom. The molecule has 1 aromatic heterocycles. The summed E-state index contributed by atoms with van der Waals surface area (Å²) in [5, 5.41) is 90.8. The number of para-hydroxylation sites is 1. The molecule has 0 saturated carbocycles. The van der Waals surface area contributed by atoms with Gasteiger partial charge in [-0.1, -0.05) is 18.2 Å². The van der Waals surface area contributed by atoms with Crippen LogP contribution in [0.3, 0.4) is 0 Å². The molecule has 0 bridgehead atoms. The van der Waals surface area contributed by atoms with E-state index in [9.17, 15) is 15.6 Å². The predicted molar refractivity (Wildman–Crippen MR) is 78.0 cm³/mol. The van der Waals surface area contributed by atoms with Gasteiger partial charge in [-0.25, -0.2) is 0 Å². The summed E-state index contributed by atoms with van der Waals surface area (Å²) < 4.78 is 0. The minimum atomic E-state index is -3.62. The van der Waals surface area contributed by atoms with E-state index in [2.05, 4.69) is 15.3 Å². The molecule has 0 saturated heterocycles. The summed E-state index contributed by atoms with van der Waals surface area (Å²) in [4.78, 5) is -4.21. The number of benzene rings is 1. The molecular weight excluding hydrogens is 348 g/mol. The lowest BCUT2D eigenvalue weighted by molar-refractivity contribution is -0.280. The summed E-state index contributed by atoms with van der Waals surface area (Å²) in [7, 11) is 0. The van der Waals surface area contributed by atoms with Gasteiger partial charge in [0.2, 0.25) is 5.95 Å². The Bertz CT molecular complexity index is 717. The van der Waals surface area contributed by atoms with Gasteiger partial charge in [-0.05, 0) is 27.1 Å². The lowest BCUT2D eigenvalue weighted by Gasteiger charge is -2.31. The minimum Gasteiger partial charge on any atom is -0.559 e. The van der Waals surface area contributed by atoms with Crippen molar-refractivity contribution in [2.24, 2.45) is 0 Å². The molecule has 0 aliphatic heterocycles. The normalized spacial score (nSPS) is 13.0. The fourth-order valence-corrected chi connectivity index (χ4v) is 1.80. The molecule has 0 fully saturated rings. The van der Waals surface area contributed by atoms with E-state index >= 15 is 0 Å². The molecule has 1 aromatic carbocycles. The first kappa shape index (κ1) is 19.0. The predicted octanol–water partition coefficient (Wildman–Crippen LogP) is 0.971. The van der Waals surface area contributed by atoms with E-state index in [1.807, 2.05) is 0 Å². The van der Waals surface area contributed by atoms with Crippen molar-refractivity contribution in [3.05, 3.63) is 46.0 Å². The topological polar surface area (TPSA) is 228 Å². The molecule has 0 spiro atoms. The lowest BCUT2D eigenvalue weighted by atomic mass is 10.3. The van der Waals surface area contributed by atoms with Crippen molar-refractivity contribution in [1.29, 1.82) is 0 Å². The zero-order valence-corrected chi connectivity index (χ0v) is 12.0. The number of aromatic nitrogens is 2. The van der Waals surface area contributed by atoms with Crippen LogP contribution in [0.25, 0.3) is 0 Å². The van der Waals surface area contributed by atoms with Gasteiger partial charge in [-0.2, -0.15) is 31.2 Å². The molecule has 2 rings (SSSR count). The monoisotopic (exact) mass is 360 g/mol. The van der Waals surface area contributed by atoms with Crippen LogP contribution in [0.5, 0.6) is 0 Å². The number of anilines is 2. The van der Waals surface area contributed by atoms with Crippen molar-refractivity contribution < 1.29 is 31.2 Å². The van der Waals surface area contributed by atoms with Gasteiger partial charge in [0.25, 0.3) is 0 Å². The zero-order valence-electron chi connectivity index (χ0n) is 12.0. The second-order valence-corrected chi connectivity index (χ2v) is 4.67. The molecule has 25 heavy (non-hydrogen) atoms. The van der Waals surface area contributed by atoms with Crippen molar-refractivity contribution in [2.45, 2.75) is 0 Å². The standard InChI is InChI=1S/C10H12N6O9/c17-14(18,19)7-8(15(20,21)22)12-10(13-9(7)16(23,24)25)11-6-4-2-1-3-5-6/h1-5,17-18,20-21,23-24H,(H,11,12,13). The van der Waals surface area contributed by atoms with Gasteiger partial charge in [0.05, 0.1) is 0 Å². The number of nitrogens with one attached hydrogen (secondary N) is 1. The lowest BCUT2D eigenvalue weighted by Crippen LogP contribution is -2.46. The number of hydrogen-bond acceptors (Lipinski definition) is 12. The first-order chi connectivity index (χ1) is 11.3. The third-order valence-corrected chi connectivity index (χ3v) is 2.72. The van der Waals surface area contributed by atoms with Crippen molar-refractivity contribution in [1.82, 2.24) is 24.9 Å². The summed E-state index contributed by atoms with van der Waals surface area (Å²) in [6.07, 6.45) is 0. The smallest absolute Gasteiger partial charge is 0.377 e. The van der Waals surface area contributed by atoms with Gasteiger partial charge in [-0.3, -0.25) is 0 Å². The Hall–Kier alpha value is -2.38. The van der Waals surface area contributed by atoms with Crippen LogP contribution in [-0.2, 0) is 0 Å². The summed E-state index contributed by atoms with van der Waals surface area (Å²) in [6.45, 7) is 0. The first-order valence-electron chi connectivity index (χ1n) is 6.22. The van der Waals surface area contributed by atoms with Crippen molar-refractivity contribution in [3.63, 3.8) is 0 Å². The summed E-state index contributed by atoms with van der Waals surface area (Å²) in [6, 6.07) is 7.65. The maximum atomic E-state index is 11.3. The molecule has 1 heterocycles. The molecule has 15 nitrogen and oxygen atoms in total. The summed E-state index contributed by atoms with van der Waals surface area (Å²) in [5.41, 5.74) is -1.67. The van der Waals surface area contributed by atoms with Crippen LogP contribution in [-0.4, -0.2) is 41.2 Å². The molecular formula is C10H12N6O9. The molecule has 0 aliphatic rings. The Balaban J connectivity index is 2.73. The highest BCUT2D eigenvalue weighted by atomic mass is 17.1.